The summed E-state index contributed by atoms with van der Waals surface area (Å²) in [5.74, 6) is 0.0755. The number of esters is 2. The van der Waals surface area contributed by atoms with Crippen molar-refractivity contribution in [3.8, 4) is 22.6 Å². The number of ether oxygens (including phenoxy) is 3. The van der Waals surface area contributed by atoms with E-state index in [9.17, 15) is 14.7 Å². The van der Waals surface area contributed by atoms with Crippen LogP contribution in [0, 0.1) is 0 Å². The zero-order valence-corrected chi connectivity index (χ0v) is 25.7. The molecule has 0 saturated carbocycles. The molecular formula is C37H44O6. The van der Waals surface area contributed by atoms with E-state index in [0.717, 1.165) is 41.5 Å². The van der Waals surface area contributed by atoms with Crippen molar-refractivity contribution in [1.82, 2.24) is 0 Å². The number of benzene rings is 3. The monoisotopic (exact) mass is 584 g/mol. The molecule has 0 aliphatic carbocycles. The first-order valence-electron chi connectivity index (χ1n) is 15.0. The van der Waals surface area contributed by atoms with Gasteiger partial charge in [0.1, 0.15) is 18.1 Å². The fraction of sp³-hybridized carbons (Fsp3) is 0.351. The molecule has 0 heterocycles. The van der Waals surface area contributed by atoms with Crippen LogP contribution in [0.5, 0.6) is 11.5 Å². The molecule has 0 bridgehead atoms. The number of rotatable bonds is 17. The van der Waals surface area contributed by atoms with E-state index < -0.39 is 11.9 Å². The standard InChI is InChI=1S/C37H44O6/c1-6-7-8-9-28-10-12-29(13-11-28)14-15-30-16-18-33(35(24-30)43-37(40)27(4)5)31-17-19-34(41-23-21-38)32(25-31)20-22-42-36(39)26(2)3/h10-13,16-19,24-25,38H,2,4,6-9,14-15,20-23H2,1,3,5H3. The van der Waals surface area contributed by atoms with E-state index in [4.69, 9.17) is 14.2 Å². The summed E-state index contributed by atoms with van der Waals surface area (Å²) in [6.45, 7) is 12.9. The van der Waals surface area contributed by atoms with Crippen LogP contribution in [0.25, 0.3) is 11.1 Å². The number of aryl methyl sites for hydroxylation is 3. The van der Waals surface area contributed by atoms with Crippen LogP contribution in [0.1, 0.15) is 62.3 Å². The van der Waals surface area contributed by atoms with Gasteiger partial charge in [0.2, 0.25) is 0 Å². The third kappa shape index (κ3) is 10.6. The van der Waals surface area contributed by atoms with E-state index in [1.165, 1.54) is 30.4 Å². The van der Waals surface area contributed by atoms with Gasteiger partial charge in [-0.2, -0.15) is 0 Å². The molecule has 0 unspecified atom stereocenters. The topological polar surface area (TPSA) is 82.1 Å². The zero-order valence-electron chi connectivity index (χ0n) is 25.7. The molecule has 0 saturated heterocycles. The van der Waals surface area contributed by atoms with Crippen LogP contribution in [0.2, 0.25) is 0 Å². The molecule has 1 N–H and O–H groups in total. The van der Waals surface area contributed by atoms with Gasteiger partial charge in [0.15, 0.2) is 0 Å². The second-order valence-corrected chi connectivity index (χ2v) is 10.8. The molecule has 228 valence electrons. The Balaban J connectivity index is 1.85. The van der Waals surface area contributed by atoms with Gasteiger partial charge in [0.05, 0.1) is 13.2 Å². The Kier molecular flexibility index (Phi) is 13.2. The molecule has 43 heavy (non-hydrogen) atoms. The van der Waals surface area contributed by atoms with Gasteiger partial charge in [-0.25, -0.2) is 9.59 Å². The average molecular weight is 585 g/mol. The summed E-state index contributed by atoms with van der Waals surface area (Å²) >= 11 is 0. The lowest BCUT2D eigenvalue weighted by Crippen LogP contribution is -2.10. The normalized spacial score (nSPS) is 10.7. The first-order chi connectivity index (χ1) is 20.7. The summed E-state index contributed by atoms with van der Waals surface area (Å²) in [5.41, 5.74) is 6.67. The number of aliphatic hydroxyl groups is 1. The fourth-order valence-electron chi connectivity index (χ4n) is 4.59. The maximum absolute atomic E-state index is 12.6. The highest BCUT2D eigenvalue weighted by Gasteiger charge is 2.16. The first-order valence-corrected chi connectivity index (χ1v) is 15.0. The molecular weight excluding hydrogens is 540 g/mol. The SMILES string of the molecule is C=C(C)C(=O)OCCc1cc(-c2ccc(CCc3ccc(CCCCC)cc3)cc2OC(=O)C(=C)C)ccc1OCCO. The van der Waals surface area contributed by atoms with Gasteiger partial charge < -0.3 is 19.3 Å². The number of carbonyl (C=O) groups is 2. The number of hydrogen-bond donors (Lipinski definition) is 1. The molecule has 6 heteroatoms. The number of aliphatic hydroxyl groups excluding tert-OH is 1. The molecule has 0 amide bonds. The maximum Gasteiger partial charge on any atom is 0.338 e. The summed E-state index contributed by atoms with van der Waals surface area (Å²) in [6.07, 6.45) is 6.86. The lowest BCUT2D eigenvalue weighted by Gasteiger charge is -2.16. The molecule has 0 spiro atoms. The van der Waals surface area contributed by atoms with Crippen LogP contribution in [0.4, 0.5) is 0 Å². The van der Waals surface area contributed by atoms with Crippen molar-refractivity contribution in [1.29, 1.82) is 0 Å². The Morgan fingerprint density at radius 3 is 2.02 bits per heavy atom. The van der Waals surface area contributed by atoms with Crippen LogP contribution in [-0.2, 0) is 40.0 Å². The van der Waals surface area contributed by atoms with Gasteiger partial charge in [-0.3, -0.25) is 0 Å². The summed E-state index contributed by atoms with van der Waals surface area (Å²) in [4.78, 5) is 24.5. The predicted octanol–water partition coefficient (Wildman–Crippen LogP) is 7.39. The van der Waals surface area contributed by atoms with Crippen molar-refractivity contribution in [2.75, 3.05) is 19.8 Å². The lowest BCUT2D eigenvalue weighted by molar-refractivity contribution is -0.138. The van der Waals surface area contributed by atoms with E-state index >= 15 is 0 Å². The molecule has 0 aromatic heterocycles. The van der Waals surface area contributed by atoms with E-state index in [1.807, 2.05) is 30.3 Å². The van der Waals surface area contributed by atoms with Gasteiger partial charge in [0.25, 0.3) is 0 Å². The second-order valence-electron chi connectivity index (χ2n) is 10.8. The zero-order chi connectivity index (χ0) is 31.2. The average Bonchev–Trinajstić information content (AvgIpc) is 3.00. The molecule has 3 rings (SSSR count). The summed E-state index contributed by atoms with van der Waals surface area (Å²) in [7, 11) is 0. The van der Waals surface area contributed by atoms with Crippen molar-refractivity contribution >= 4 is 11.9 Å². The van der Waals surface area contributed by atoms with Gasteiger partial charge in [-0.05, 0) is 85.5 Å². The second kappa shape index (κ2) is 17.1. The highest BCUT2D eigenvalue weighted by atomic mass is 16.5. The quantitative estimate of drug-likeness (QED) is 0.0771. The third-order valence-electron chi connectivity index (χ3n) is 7.06. The Bertz CT molecular complexity index is 1400. The van der Waals surface area contributed by atoms with Gasteiger partial charge >= 0.3 is 11.9 Å². The maximum atomic E-state index is 12.6. The van der Waals surface area contributed by atoms with Crippen molar-refractivity contribution < 1.29 is 28.9 Å². The van der Waals surface area contributed by atoms with Crippen LogP contribution >= 0.6 is 0 Å². The Morgan fingerprint density at radius 1 is 0.721 bits per heavy atom. The minimum absolute atomic E-state index is 0.128. The molecule has 3 aromatic carbocycles. The highest BCUT2D eigenvalue weighted by Crippen LogP contribution is 2.35. The molecule has 0 atom stereocenters. The summed E-state index contributed by atoms with van der Waals surface area (Å²) in [5, 5.41) is 9.26. The molecule has 0 fully saturated rings. The van der Waals surface area contributed by atoms with E-state index in [2.05, 4.69) is 50.4 Å². The van der Waals surface area contributed by atoms with Crippen molar-refractivity contribution in [3.05, 3.63) is 107 Å². The van der Waals surface area contributed by atoms with Gasteiger partial charge in [-0.15, -0.1) is 0 Å². The molecule has 6 nitrogen and oxygen atoms in total. The smallest absolute Gasteiger partial charge is 0.338 e. The van der Waals surface area contributed by atoms with Crippen molar-refractivity contribution in [3.63, 3.8) is 0 Å². The molecule has 0 aliphatic rings. The van der Waals surface area contributed by atoms with Gasteiger partial charge in [0, 0.05) is 23.1 Å². The number of carbonyl (C=O) groups excluding carboxylic acids is 2. The number of unbranched alkanes of at least 4 members (excludes halogenated alkanes) is 2. The Labute approximate surface area is 256 Å². The van der Waals surface area contributed by atoms with Crippen LogP contribution in [0.15, 0.2) is 85.0 Å². The summed E-state index contributed by atoms with van der Waals surface area (Å²) in [6, 6.07) is 20.4. The Hall–Kier alpha value is -4.16. The first kappa shape index (κ1) is 33.3. The van der Waals surface area contributed by atoms with Crippen LogP contribution in [0.3, 0.4) is 0 Å². The van der Waals surface area contributed by atoms with Crippen LogP contribution < -0.4 is 9.47 Å². The Morgan fingerprint density at radius 2 is 1.37 bits per heavy atom. The molecule has 0 radical (unpaired) electrons. The van der Waals surface area contributed by atoms with E-state index in [1.54, 1.807) is 13.8 Å². The minimum atomic E-state index is -0.494. The predicted molar refractivity (Wildman–Crippen MR) is 171 cm³/mol. The summed E-state index contributed by atoms with van der Waals surface area (Å²) < 4.78 is 16.8. The largest absolute Gasteiger partial charge is 0.491 e. The van der Waals surface area contributed by atoms with Crippen molar-refractivity contribution in [2.45, 2.75) is 65.7 Å². The lowest BCUT2D eigenvalue weighted by atomic mass is 9.96. The van der Waals surface area contributed by atoms with E-state index in [-0.39, 0.29) is 19.8 Å². The highest BCUT2D eigenvalue weighted by molar-refractivity contribution is 5.90. The minimum Gasteiger partial charge on any atom is -0.491 e. The van der Waals surface area contributed by atoms with Crippen molar-refractivity contribution in [2.24, 2.45) is 0 Å². The third-order valence-corrected chi connectivity index (χ3v) is 7.06. The van der Waals surface area contributed by atoms with Crippen LogP contribution in [-0.4, -0.2) is 36.9 Å². The number of hydrogen-bond acceptors (Lipinski definition) is 6. The van der Waals surface area contributed by atoms with Gasteiger partial charge in [-0.1, -0.05) is 75.4 Å². The fourth-order valence-corrected chi connectivity index (χ4v) is 4.59. The van der Waals surface area contributed by atoms with E-state index in [0.29, 0.717) is 29.1 Å². The molecule has 0 aliphatic heterocycles. The molecule has 3 aromatic rings.